The van der Waals surface area contributed by atoms with Gasteiger partial charge in [0.15, 0.2) is 6.04 Å². The standard InChI is InChI=1S/C17H27N3O5/c1-17(2,3)25-16(22)20-8-11-6-5-7-19(11)9-13(20)14-18-12(10-24-14)15(21)23-4/h11-13H,5-10H2,1-4H3/t11-,12?,13+/m1/s1. The van der Waals surface area contributed by atoms with Crippen LogP contribution < -0.4 is 0 Å². The van der Waals surface area contributed by atoms with Crippen LogP contribution in [0.4, 0.5) is 4.79 Å². The molecule has 3 rings (SSSR count). The Bertz CT molecular complexity index is 571. The Morgan fingerprint density at radius 2 is 2.04 bits per heavy atom. The number of hydrogen-bond acceptors (Lipinski definition) is 7. The molecule has 1 amide bonds. The number of amides is 1. The van der Waals surface area contributed by atoms with Gasteiger partial charge in [-0.2, -0.15) is 0 Å². The zero-order valence-corrected chi connectivity index (χ0v) is 15.4. The monoisotopic (exact) mass is 353 g/mol. The lowest BCUT2D eigenvalue weighted by molar-refractivity contribution is -0.142. The number of piperazine rings is 1. The van der Waals surface area contributed by atoms with Gasteiger partial charge in [-0.3, -0.25) is 9.80 Å². The van der Waals surface area contributed by atoms with Gasteiger partial charge in [-0.15, -0.1) is 0 Å². The molecule has 140 valence electrons. The van der Waals surface area contributed by atoms with Crippen molar-refractivity contribution in [3.05, 3.63) is 0 Å². The van der Waals surface area contributed by atoms with E-state index < -0.39 is 17.6 Å². The van der Waals surface area contributed by atoms with Crippen LogP contribution in [-0.2, 0) is 19.0 Å². The fourth-order valence-electron chi connectivity index (χ4n) is 3.58. The molecule has 0 saturated carbocycles. The molecule has 0 radical (unpaired) electrons. The minimum Gasteiger partial charge on any atom is -0.477 e. The van der Waals surface area contributed by atoms with Crippen LogP contribution in [0.25, 0.3) is 0 Å². The molecule has 8 heteroatoms. The summed E-state index contributed by atoms with van der Waals surface area (Å²) in [7, 11) is 1.33. The molecule has 3 atom stereocenters. The first-order valence-corrected chi connectivity index (χ1v) is 8.80. The topological polar surface area (TPSA) is 80.7 Å². The minimum atomic E-state index is -0.656. The number of esters is 1. The number of rotatable bonds is 2. The largest absolute Gasteiger partial charge is 0.477 e. The number of carbonyl (C=O) groups excluding carboxylic acids is 2. The van der Waals surface area contributed by atoms with Crippen molar-refractivity contribution >= 4 is 18.0 Å². The molecule has 0 N–H and O–H groups in total. The first kappa shape index (κ1) is 18.0. The molecule has 25 heavy (non-hydrogen) atoms. The van der Waals surface area contributed by atoms with Crippen molar-refractivity contribution in [1.29, 1.82) is 0 Å². The summed E-state index contributed by atoms with van der Waals surface area (Å²) in [5, 5.41) is 0. The zero-order valence-electron chi connectivity index (χ0n) is 15.4. The van der Waals surface area contributed by atoms with E-state index in [1.165, 1.54) is 7.11 Å². The normalized spacial score (nSPS) is 29.7. The smallest absolute Gasteiger partial charge is 0.411 e. The predicted octanol–water partition coefficient (Wildman–Crippen LogP) is 1.04. The van der Waals surface area contributed by atoms with E-state index in [4.69, 9.17) is 14.2 Å². The highest BCUT2D eigenvalue weighted by Crippen LogP contribution is 2.28. The summed E-state index contributed by atoms with van der Waals surface area (Å²) in [6, 6.07) is -0.641. The zero-order chi connectivity index (χ0) is 18.2. The van der Waals surface area contributed by atoms with Gasteiger partial charge in [0.05, 0.1) is 7.11 Å². The summed E-state index contributed by atoms with van der Waals surface area (Å²) in [4.78, 5) is 32.9. The third-order valence-corrected chi connectivity index (χ3v) is 4.75. The van der Waals surface area contributed by atoms with Gasteiger partial charge < -0.3 is 14.2 Å². The third kappa shape index (κ3) is 3.89. The highest BCUT2D eigenvalue weighted by molar-refractivity contribution is 5.91. The summed E-state index contributed by atoms with van der Waals surface area (Å²) in [5.41, 5.74) is -0.568. The molecule has 0 spiro atoms. The van der Waals surface area contributed by atoms with Crippen LogP contribution in [0.3, 0.4) is 0 Å². The fourth-order valence-corrected chi connectivity index (χ4v) is 3.58. The number of ether oxygens (including phenoxy) is 3. The van der Waals surface area contributed by atoms with Crippen LogP contribution in [0.1, 0.15) is 33.6 Å². The Labute approximate surface area is 148 Å². The van der Waals surface area contributed by atoms with Crippen molar-refractivity contribution in [3.8, 4) is 0 Å². The molecule has 3 heterocycles. The van der Waals surface area contributed by atoms with Crippen molar-refractivity contribution < 1.29 is 23.8 Å². The van der Waals surface area contributed by atoms with Crippen molar-refractivity contribution in [2.75, 3.05) is 33.4 Å². The highest BCUT2D eigenvalue weighted by atomic mass is 16.6. The van der Waals surface area contributed by atoms with E-state index in [-0.39, 0.29) is 18.7 Å². The third-order valence-electron chi connectivity index (χ3n) is 4.75. The van der Waals surface area contributed by atoms with Crippen molar-refractivity contribution in [1.82, 2.24) is 9.80 Å². The van der Waals surface area contributed by atoms with Gasteiger partial charge in [-0.1, -0.05) is 0 Å². The van der Waals surface area contributed by atoms with E-state index in [0.717, 1.165) is 19.4 Å². The maximum atomic E-state index is 12.7. The van der Waals surface area contributed by atoms with Gasteiger partial charge in [0.1, 0.15) is 18.2 Å². The lowest BCUT2D eigenvalue weighted by Crippen LogP contribution is -2.61. The maximum absolute atomic E-state index is 12.7. The second-order valence-electron chi connectivity index (χ2n) is 7.76. The fraction of sp³-hybridized carbons (Fsp3) is 0.824. The van der Waals surface area contributed by atoms with Gasteiger partial charge in [0.2, 0.25) is 5.90 Å². The van der Waals surface area contributed by atoms with E-state index in [1.54, 1.807) is 4.90 Å². The summed E-state index contributed by atoms with van der Waals surface area (Å²) >= 11 is 0. The number of hydrogen-bond donors (Lipinski definition) is 0. The first-order chi connectivity index (χ1) is 11.8. The molecule has 0 aliphatic carbocycles. The van der Waals surface area contributed by atoms with Gasteiger partial charge in [-0.05, 0) is 40.2 Å². The van der Waals surface area contributed by atoms with Gasteiger partial charge in [-0.25, -0.2) is 14.6 Å². The summed E-state index contributed by atoms with van der Waals surface area (Å²) in [6.45, 7) is 7.95. The molecular formula is C17H27N3O5. The maximum Gasteiger partial charge on any atom is 0.411 e. The molecule has 0 aromatic heterocycles. The molecule has 3 aliphatic heterocycles. The molecule has 0 aromatic carbocycles. The lowest BCUT2D eigenvalue weighted by Gasteiger charge is -2.43. The summed E-state index contributed by atoms with van der Waals surface area (Å²) in [6.07, 6.45) is 1.83. The Hall–Kier alpha value is -1.83. The van der Waals surface area contributed by atoms with E-state index in [9.17, 15) is 9.59 Å². The number of nitrogens with zero attached hydrogens (tertiary/aromatic N) is 3. The SMILES string of the molecule is COC(=O)C1COC([C@@H]2CN3CCC[C@@H]3CN2C(=O)OC(C)(C)C)=N1. The van der Waals surface area contributed by atoms with Gasteiger partial charge in [0, 0.05) is 19.1 Å². The van der Waals surface area contributed by atoms with Crippen LogP contribution in [0.15, 0.2) is 4.99 Å². The quantitative estimate of drug-likeness (QED) is 0.690. The summed E-state index contributed by atoms with van der Waals surface area (Å²) in [5.74, 6) is 0.000265. The molecule has 2 saturated heterocycles. The average molecular weight is 353 g/mol. The first-order valence-electron chi connectivity index (χ1n) is 8.80. The molecule has 3 aliphatic rings. The number of fused-ring (bicyclic) bond motifs is 1. The van der Waals surface area contributed by atoms with Gasteiger partial charge in [0.25, 0.3) is 0 Å². The van der Waals surface area contributed by atoms with E-state index in [0.29, 0.717) is 25.0 Å². The minimum absolute atomic E-state index is 0.157. The lowest BCUT2D eigenvalue weighted by atomic mass is 10.1. The Balaban J connectivity index is 1.80. The number of carbonyl (C=O) groups is 2. The van der Waals surface area contributed by atoms with E-state index in [2.05, 4.69) is 9.89 Å². The van der Waals surface area contributed by atoms with Crippen LogP contribution in [0.5, 0.6) is 0 Å². The molecule has 1 unspecified atom stereocenters. The van der Waals surface area contributed by atoms with Crippen molar-refractivity contribution in [3.63, 3.8) is 0 Å². The Morgan fingerprint density at radius 3 is 2.72 bits per heavy atom. The Kier molecular flexibility index (Phi) is 4.90. The van der Waals surface area contributed by atoms with E-state index >= 15 is 0 Å². The second kappa shape index (κ2) is 6.82. The van der Waals surface area contributed by atoms with Crippen molar-refractivity contribution in [2.24, 2.45) is 4.99 Å². The number of methoxy groups -OCH3 is 1. The molecule has 0 bridgehead atoms. The Morgan fingerprint density at radius 1 is 1.28 bits per heavy atom. The second-order valence-corrected chi connectivity index (χ2v) is 7.76. The number of aliphatic imine (C=N–C) groups is 1. The molecule has 2 fully saturated rings. The van der Waals surface area contributed by atoms with Crippen LogP contribution in [0, 0.1) is 0 Å². The van der Waals surface area contributed by atoms with Gasteiger partial charge >= 0.3 is 12.1 Å². The van der Waals surface area contributed by atoms with E-state index in [1.807, 2.05) is 20.8 Å². The van der Waals surface area contributed by atoms with Crippen LogP contribution >= 0.6 is 0 Å². The average Bonchev–Trinajstić information content (AvgIpc) is 3.19. The highest BCUT2D eigenvalue weighted by Gasteiger charge is 2.44. The van der Waals surface area contributed by atoms with Crippen molar-refractivity contribution in [2.45, 2.75) is 57.3 Å². The molecule has 0 aromatic rings. The van der Waals surface area contributed by atoms with Crippen LogP contribution in [-0.4, -0.2) is 84.8 Å². The molecular weight excluding hydrogens is 326 g/mol. The van der Waals surface area contributed by atoms with Crippen LogP contribution in [0.2, 0.25) is 0 Å². The molecule has 8 nitrogen and oxygen atoms in total. The predicted molar refractivity (Wildman–Crippen MR) is 90.5 cm³/mol. The summed E-state index contributed by atoms with van der Waals surface area (Å²) < 4.78 is 16.0.